The van der Waals surface area contributed by atoms with Crippen molar-refractivity contribution >= 4 is 11.9 Å². The fourth-order valence-electron chi connectivity index (χ4n) is 2.68. The molecule has 1 aromatic rings. The lowest BCUT2D eigenvalue weighted by molar-refractivity contribution is 0.0170. The highest BCUT2D eigenvalue weighted by Crippen LogP contribution is 2.21. The lowest BCUT2D eigenvalue weighted by atomic mass is 9.98. The molecule has 22 heavy (non-hydrogen) atoms. The number of carbonyl (C=O) groups is 1. The summed E-state index contributed by atoms with van der Waals surface area (Å²) >= 11 is 0. The van der Waals surface area contributed by atoms with Crippen LogP contribution in [0.5, 0.6) is 0 Å². The van der Waals surface area contributed by atoms with Gasteiger partial charge in [-0.3, -0.25) is 4.98 Å². The number of ether oxygens (including phenoxy) is 1. The summed E-state index contributed by atoms with van der Waals surface area (Å²) in [6.07, 6.45) is 7.04. The SMILES string of the molecule is CN(CC1CCCN(C(=O)OC(C)(C)C)C1)c1cnccn1. The molecule has 0 radical (unpaired) electrons. The van der Waals surface area contributed by atoms with Gasteiger partial charge in [-0.05, 0) is 39.5 Å². The number of amides is 1. The summed E-state index contributed by atoms with van der Waals surface area (Å²) in [5, 5.41) is 0. The van der Waals surface area contributed by atoms with Crippen LogP contribution in [0.15, 0.2) is 18.6 Å². The Labute approximate surface area is 132 Å². The lowest BCUT2D eigenvalue weighted by Gasteiger charge is -2.35. The van der Waals surface area contributed by atoms with E-state index in [2.05, 4.69) is 14.9 Å². The molecule has 122 valence electrons. The van der Waals surface area contributed by atoms with Gasteiger partial charge in [0, 0.05) is 39.1 Å². The molecule has 1 aliphatic rings. The van der Waals surface area contributed by atoms with Crippen LogP contribution in [0, 0.1) is 5.92 Å². The second-order valence-corrected chi connectivity index (χ2v) is 6.88. The first-order chi connectivity index (χ1) is 10.3. The second-order valence-electron chi connectivity index (χ2n) is 6.88. The first-order valence-electron chi connectivity index (χ1n) is 7.80. The molecule has 1 saturated heterocycles. The van der Waals surface area contributed by atoms with Gasteiger partial charge in [-0.25, -0.2) is 9.78 Å². The number of rotatable bonds is 3. The van der Waals surface area contributed by atoms with Crippen LogP contribution in [-0.4, -0.2) is 53.2 Å². The van der Waals surface area contributed by atoms with Gasteiger partial charge in [0.1, 0.15) is 11.4 Å². The van der Waals surface area contributed by atoms with Crippen LogP contribution in [-0.2, 0) is 4.74 Å². The Bertz CT molecular complexity index is 487. The fraction of sp³-hybridized carbons (Fsp3) is 0.688. The number of carbonyl (C=O) groups excluding carboxylic acids is 1. The molecule has 0 aromatic carbocycles. The Balaban J connectivity index is 1.89. The van der Waals surface area contributed by atoms with Gasteiger partial charge in [0.2, 0.25) is 0 Å². The van der Waals surface area contributed by atoms with E-state index in [1.807, 2.05) is 32.7 Å². The average Bonchev–Trinajstić information content (AvgIpc) is 2.46. The predicted molar refractivity (Wildman–Crippen MR) is 85.8 cm³/mol. The highest BCUT2D eigenvalue weighted by atomic mass is 16.6. The summed E-state index contributed by atoms with van der Waals surface area (Å²) in [5.41, 5.74) is -0.444. The molecule has 1 aliphatic heterocycles. The number of piperidine rings is 1. The van der Waals surface area contributed by atoms with E-state index in [0.29, 0.717) is 5.92 Å². The zero-order valence-electron chi connectivity index (χ0n) is 14.0. The molecule has 0 saturated carbocycles. The van der Waals surface area contributed by atoms with Crippen molar-refractivity contribution in [1.29, 1.82) is 0 Å². The molecule has 0 N–H and O–H groups in total. The summed E-state index contributed by atoms with van der Waals surface area (Å²) < 4.78 is 5.47. The first-order valence-corrected chi connectivity index (χ1v) is 7.80. The largest absolute Gasteiger partial charge is 0.444 e. The minimum absolute atomic E-state index is 0.209. The van der Waals surface area contributed by atoms with E-state index in [9.17, 15) is 4.79 Å². The molecule has 1 aromatic heterocycles. The molecule has 1 unspecified atom stereocenters. The van der Waals surface area contributed by atoms with Crippen molar-refractivity contribution in [3.05, 3.63) is 18.6 Å². The van der Waals surface area contributed by atoms with Gasteiger partial charge in [0.05, 0.1) is 6.20 Å². The molecular weight excluding hydrogens is 280 g/mol. The van der Waals surface area contributed by atoms with Gasteiger partial charge in [-0.2, -0.15) is 0 Å². The molecule has 6 heteroatoms. The van der Waals surface area contributed by atoms with Crippen molar-refractivity contribution in [1.82, 2.24) is 14.9 Å². The minimum atomic E-state index is -0.444. The van der Waals surface area contributed by atoms with Crippen LogP contribution >= 0.6 is 0 Å². The molecule has 2 heterocycles. The Morgan fingerprint density at radius 2 is 2.23 bits per heavy atom. The lowest BCUT2D eigenvalue weighted by Crippen LogP contribution is -2.45. The topological polar surface area (TPSA) is 58.6 Å². The van der Waals surface area contributed by atoms with Gasteiger partial charge < -0.3 is 14.5 Å². The molecule has 1 fully saturated rings. The zero-order chi connectivity index (χ0) is 16.2. The van der Waals surface area contributed by atoms with Crippen LogP contribution in [0.1, 0.15) is 33.6 Å². The standard InChI is InChI=1S/C16H26N4O2/c1-16(2,3)22-15(21)20-9-5-6-13(12-20)11-19(4)14-10-17-7-8-18-14/h7-8,10,13H,5-6,9,11-12H2,1-4H3. The van der Waals surface area contributed by atoms with Gasteiger partial charge in [0.15, 0.2) is 0 Å². The smallest absolute Gasteiger partial charge is 0.410 e. The summed E-state index contributed by atoms with van der Waals surface area (Å²) in [5.74, 6) is 1.28. The van der Waals surface area contributed by atoms with Crippen molar-refractivity contribution < 1.29 is 9.53 Å². The quantitative estimate of drug-likeness (QED) is 0.859. The van der Waals surface area contributed by atoms with Gasteiger partial charge in [0.25, 0.3) is 0 Å². The van der Waals surface area contributed by atoms with Crippen molar-refractivity contribution in [2.45, 2.75) is 39.2 Å². The summed E-state index contributed by atoms with van der Waals surface area (Å²) in [7, 11) is 2.01. The molecule has 1 amide bonds. The summed E-state index contributed by atoms with van der Waals surface area (Å²) in [4.78, 5) is 24.5. The van der Waals surface area contributed by atoms with Crippen LogP contribution in [0.25, 0.3) is 0 Å². The monoisotopic (exact) mass is 306 g/mol. The third kappa shape index (κ3) is 4.86. The first kappa shape index (κ1) is 16.5. The molecule has 0 bridgehead atoms. The Morgan fingerprint density at radius 1 is 1.45 bits per heavy atom. The number of aromatic nitrogens is 2. The summed E-state index contributed by atoms with van der Waals surface area (Å²) in [6.45, 7) is 8.06. The highest BCUT2D eigenvalue weighted by molar-refractivity contribution is 5.68. The molecule has 0 aliphatic carbocycles. The third-order valence-electron chi connectivity index (χ3n) is 3.64. The fourth-order valence-corrected chi connectivity index (χ4v) is 2.68. The van der Waals surface area contributed by atoms with Gasteiger partial charge >= 0.3 is 6.09 Å². The number of hydrogen-bond acceptors (Lipinski definition) is 5. The van der Waals surface area contributed by atoms with E-state index < -0.39 is 5.60 Å². The normalized spacial score (nSPS) is 18.9. The van der Waals surface area contributed by atoms with E-state index in [-0.39, 0.29) is 6.09 Å². The van der Waals surface area contributed by atoms with E-state index in [4.69, 9.17) is 4.74 Å². The molecule has 0 spiro atoms. The summed E-state index contributed by atoms with van der Waals surface area (Å²) in [6, 6.07) is 0. The van der Waals surface area contributed by atoms with E-state index in [1.54, 1.807) is 18.6 Å². The number of anilines is 1. The molecular formula is C16H26N4O2. The maximum Gasteiger partial charge on any atom is 0.410 e. The Morgan fingerprint density at radius 3 is 2.86 bits per heavy atom. The van der Waals surface area contributed by atoms with Crippen molar-refractivity contribution in [3.63, 3.8) is 0 Å². The molecule has 2 rings (SSSR count). The predicted octanol–water partition coefficient (Wildman–Crippen LogP) is 2.56. The Kier molecular flexibility index (Phi) is 5.21. The van der Waals surface area contributed by atoms with Crippen molar-refractivity contribution in [2.24, 2.45) is 5.92 Å². The van der Waals surface area contributed by atoms with Crippen LogP contribution in [0.3, 0.4) is 0 Å². The minimum Gasteiger partial charge on any atom is -0.444 e. The highest BCUT2D eigenvalue weighted by Gasteiger charge is 2.28. The van der Waals surface area contributed by atoms with Crippen molar-refractivity contribution in [2.75, 3.05) is 31.6 Å². The number of nitrogens with zero attached hydrogens (tertiary/aromatic N) is 4. The second kappa shape index (κ2) is 6.94. The van der Waals surface area contributed by atoms with E-state index in [1.165, 1.54) is 0 Å². The average molecular weight is 306 g/mol. The number of likely N-dealkylation sites (tertiary alicyclic amines) is 1. The molecule has 6 nitrogen and oxygen atoms in total. The maximum absolute atomic E-state index is 12.2. The van der Waals surface area contributed by atoms with Gasteiger partial charge in [-0.1, -0.05) is 0 Å². The van der Waals surface area contributed by atoms with Crippen LogP contribution in [0.2, 0.25) is 0 Å². The maximum atomic E-state index is 12.2. The van der Waals surface area contributed by atoms with Crippen LogP contribution < -0.4 is 4.90 Å². The zero-order valence-corrected chi connectivity index (χ0v) is 14.0. The van der Waals surface area contributed by atoms with Crippen LogP contribution in [0.4, 0.5) is 10.6 Å². The molecule has 1 atom stereocenters. The van der Waals surface area contributed by atoms with Crippen molar-refractivity contribution in [3.8, 4) is 0 Å². The van der Waals surface area contributed by atoms with E-state index in [0.717, 1.165) is 38.3 Å². The van der Waals surface area contributed by atoms with Gasteiger partial charge in [-0.15, -0.1) is 0 Å². The number of hydrogen-bond donors (Lipinski definition) is 0. The van der Waals surface area contributed by atoms with E-state index >= 15 is 0 Å². The Hall–Kier alpha value is -1.85. The third-order valence-corrected chi connectivity index (χ3v) is 3.64.